The standard InChI is InChI=1S/C14H21F3N2O/c1-10(2)18-8-11-3-4-13(12(15)7-11)19(5-6-20)9-14(16)17/h3-4,7,10,14,18,20H,5-6,8-9H2,1-2H3. The van der Waals surface area contributed by atoms with Gasteiger partial charge >= 0.3 is 0 Å². The summed E-state index contributed by atoms with van der Waals surface area (Å²) in [4.78, 5) is 1.15. The molecule has 0 aliphatic carbocycles. The van der Waals surface area contributed by atoms with E-state index in [1.807, 2.05) is 13.8 Å². The van der Waals surface area contributed by atoms with Gasteiger partial charge in [0, 0.05) is 19.1 Å². The van der Waals surface area contributed by atoms with Gasteiger partial charge in [0.05, 0.1) is 18.8 Å². The number of alkyl halides is 2. The van der Waals surface area contributed by atoms with Crippen LogP contribution in [0.5, 0.6) is 0 Å². The summed E-state index contributed by atoms with van der Waals surface area (Å²) in [5.41, 5.74) is 0.841. The van der Waals surface area contributed by atoms with Crippen molar-refractivity contribution in [1.29, 1.82) is 0 Å². The Hall–Kier alpha value is -1.27. The first-order valence-electron chi connectivity index (χ1n) is 6.59. The van der Waals surface area contributed by atoms with E-state index in [0.29, 0.717) is 6.54 Å². The maximum absolute atomic E-state index is 14.0. The first kappa shape index (κ1) is 16.8. The van der Waals surface area contributed by atoms with Crippen molar-refractivity contribution in [2.75, 3.05) is 24.6 Å². The molecule has 1 aromatic carbocycles. The minimum absolute atomic E-state index is 0.0230. The largest absolute Gasteiger partial charge is 0.395 e. The van der Waals surface area contributed by atoms with Gasteiger partial charge in [-0.05, 0) is 17.7 Å². The maximum Gasteiger partial charge on any atom is 0.255 e. The molecule has 0 aliphatic rings. The van der Waals surface area contributed by atoms with Crippen LogP contribution < -0.4 is 10.2 Å². The normalized spacial score (nSPS) is 11.4. The van der Waals surface area contributed by atoms with Crippen molar-refractivity contribution in [3.05, 3.63) is 29.6 Å². The lowest BCUT2D eigenvalue weighted by Gasteiger charge is -2.24. The zero-order valence-corrected chi connectivity index (χ0v) is 11.7. The first-order chi connectivity index (χ1) is 9.43. The lowest BCUT2D eigenvalue weighted by Crippen LogP contribution is -2.32. The predicted octanol–water partition coefficient (Wildman–Crippen LogP) is 2.39. The molecule has 1 aromatic rings. The number of aliphatic hydroxyl groups excluding tert-OH is 1. The molecule has 2 N–H and O–H groups in total. The molecule has 0 atom stereocenters. The summed E-state index contributed by atoms with van der Waals surface area (Å²) in [6.07, 6.45) is -2.58. The van der Waals surface area contributed by atoms with Crippen molar-refractivity contribution in [2.45, 2.75) is 32.9 Å². The highest BCUT2D eigenvalue weighted by Crippen LogP contribution is 2.21. The van der Waals surface area contributed by atoms with E-state index in [9.17, 15) is 13.2 Å². The topological polar surface area (TPSA) is 35.5 Å². The average molecular weight is 290 g/mol. The average Bonchev–Trinajstić information content (AvgIpc) is 2.35. The highest BCUT2D eigenvalue weighted by molar-refractivity contribution is 5.49. The molecule has 0 aromatic heterocycles. The number of nitrogens with one attached hydrogen (secondary N) is 1. The first-order valence-corrected chi connectivity index (χ1v) is 6.59. The van der Waals surface area contributed by atoms with Gasteiger partial charge in [-0.25, -0.2) is 13.2 Å². The Morgan fingerprint density at radius 3 is 2.50 bits per heavy atom. The van der Waals surface area contributed by atoms with Crippen molar-refractivity contribution >= 4 is 5.69 Å². The fourth-order valence-corrected chi connectivity index (χ4v) is 1.84. The van der Waals surface area contributed by atoms with E-state index in [2.05, 4.69) is 5.32 Å². The maximum atomic E-state index is 14.0. The van der Waals surface area contributed by atoms with Gasteiger partial charge < -0.3 is 15.3 Å². The summed E-state index contributed by atoms with van der Waals surface area (Å²) in [5, 5.41) is 12.0. The molecule has 20 heavy (non-hydrogen) atoms. The van der Waals surface area contributed by atoms with Crippen molar-refractivity contribution in [3.8, 4) is 0 Å². The third kappa shape index (κ3) is 5.38. The number of nitrogens with zero attached hydrogens (tertiary/aromatic N) is 1. The molecule has 0 saturated heterocycles. The summed E-state index contributed by atoms with van der Waals surface area (Å²) in [5.74, 6) is -0.554. The van der Waals surface area contributed by atoms with Gasteiger partial charge in [0.1, 0.15) is 5.82 Å². The van der Waals surface area contributed by atoms with Crippen LogP contribution in [0, 0.1) is 5.82 Å². The second-order valence-electron chi connectivity index (χ2n) is 4.88. The van der Waals surface area contributed by atoms with Crippen LogP contribution in [0.25, 0.3) is 0 Å². The van der Waals surface area contributed by atoms with E-state index >= 15 is 0 Å². The Kier molecular flexibility index (Phi) is 6.81. The highest BCUT2D eigenvalue weighted by Gasteiger charge is 2.16. The van der Waals surface area contributed by atoms with E-state index in [1.165, 1.54) is 12.1 Å². The molecular formula is C14H21F3N2O. The van der Waals surface area contributed by atoms with Crippen LogP contribution >= 0.6 is 0 Å². The summed E-state index contributed by atoms with van der Waals surface area (Å²) < 4.78 is 38.9. The zero-order chi connectivity index (χ0) is 15.1. The van der Waals surface area contributed by atoms with Gasteiger partial charge in [0.15, 0.2) is 0 Å². The molecule has 0 fully saturated rings. The number of anilines is 1. The minimum atomic E-state index is -2.58. The smallest absolute Gasteiger partial charge is 0.255 e. The number of halogens is 3. The van der Waals surface area contributed by atoms with Gasteiger partial charge in [0.2, 0.25) is 0 Å². The zero-order valence-electron chi connectivity index (χ0n) is 11.7. The van der Waals surface area contributed by atoms with Crippen LogP contribution in [0.1, 0.15) is 19.4 Å². The monoisotopic (exact) mass is 290 g/mol. The quantitative estimate of drug-likeness (QED) is 0.771. The molecule has 0 amide bonds. The molecule has 0 bridgehead atoms. The van der Waals surface area contributed by atoms with E-state index in [1.54, 1.807) is 6.07 Å². The van der Waals surface area contributed by atoms with Gasteiger partial charge in [0.25, 0.3) is 6.43 Å². The summed E-state index contributed by atoms with van der Waals surface area (Å²) in [7, 11) is 0. The van der Waals surface area contributed by atoms with Crippen LogP contribution in [0.15, 0.2) is 18.2 Å². The van der Waals surface area contributed by atoms with Gasteiger partial charge in [-0.2, -0.15) is 0 Å². The number of hydrogen-bond acceptors (Lipinski definition) is 3. The summed E-state index contributed by atoms with van der Waals surface area (Å²) >= 11 is 0. The molecule has 0 saturated carbocycles. The highest BCUT2D eigenvalue weighted by atomic mass is 19.3. The van der Waals surface area contributed by atoms with E-state index < -0.39 is 18.8 Å². The molecule has 0 unspecified atom stereocenters. The van der Waals surface area contributed by atoms with E-state index in [4.69, 9.17) is 5.11 Å². The Morgan fingerprint density at radius 2 is 2.00 bits per heavy atom. The van der Waals surface area contributed by atoms with Crippen molar-refractivity contribution in [2.24, 2.45) is 0 Å². The second-order valence-corrected chi connectivity index (χ2v) is 4.88. The molecule has 0 heterocycles. The van der Waals surface area contributed by atoms with Gasteiger partial charge in [-0.1, -0.05) is 19.9 Å². The molecule has 0 aliphatic heterocycles. The van der Waals surface area contributed by atoms with Crippen LogP contribution in [0.3, 0.4) is 0 Å². The van der Waals surface area contributed by atoms with E-state index in [-0.39, 0.29) is 24.9 Å². The Morgan fingerprint density at radius 1 is 1.30 bits per heavy atom. The fourth-order valence-electron chi connectivity index (χ4n) is 1.84. The molecule has 3 nitrogen and oxygen atoms in total. The number of rotatable bonds is 8. The predicted molar refractivity (Wildman–Crippen MR) is 73.7 cm³/mol. The number of hydrogen-bond donors (Lipinski definition) is 2. The lowest BCUT2D eigenvalue weighted by atomic mass is 10.1. The molecular weight excluding hydrogens is 269 g/mol. The Bertz CT molecular complexity index is 413. The van der Waals surface area contributed by atoms with Crippen LogP contribution in [-0.4, -0.2) is 37.3 Å². The molecule has 6 heteroatoms. The van der Waals surface area contributed by atoms with Gasteiger partial charge in [-0.15, -0.1) is 0 Å². The number of benzene rings is 1. The number of aliphatic hydroxyl groups is 1. The van der Waals surface area contributed by atoms with E-state index in [0.717, 1.165) is 10.5 Å². The summed E-state index contributed by atoms with van der Waals surface area (Å²) in [6.45, 7) is 3.56. The van der Waals surface area contributed by atoms with Gasteiger partial charge in [-0.3, -0.25) is 0 Å². The lowest BCUT2D eigenvalue weighted by molar-refractivity contribution is 0.152. The van der Waals surface area contributed by atoms with Crippen molar-refractivity contribution < 1.29 is 18.3 Å². The third-order valence-electron chi connectivity index (χ3n) is 2.80. The third-order valence-corrected chi connectivity index (χ3v) is 2.80. The van der Waals surface area contributed by atoms with Crippen LogP contribution in [0.2, 0.25) is 0 Å². The summed E-state index contributed by atoms with van der Waals surface area (Å²) in [6, 6.07) is 4.79. The Labute approximate surface area is 117 Å². The van der Waals surface area contributed by atoms with Crippen molar-refractivity contribution in [3.63, 3.8) is 0 Å². The molecule has 0 radical (unpaired) electrons. The molecule has 1 rings (SSSR count). The minimum Gasteiger partial charge on any atom is -0.395 e. The van der Waals surface area contributed by atoms with Crippen LogP contribution in [-0.2, 0) is 6.54 Å². The fraction of sp³-hybridized carbons (Fsp3) is 0.571. The Balaban J connectivity index is 2.83. The van der Waals surface area contributed by atoms with Crippen molar-refractivity contribution in [1.82, 2.24) is 5.32 Å². The van der Waals surface area contributed by atoms with Crippen LogP contribution in [0.4, 0.5) is 18.9 Å². The molecule has 114 valence electrons. The second kappa shape index (κ2) is 8.11. The SMILES string of the molecule is CC(C)NCc1ccc(N(CCO)CC(F)F)c(F)c1. The molecule has 0 spiro atoms.